The third-order valence-corrected chi connectivity index (χ3v) is 6.52. The van der Waals surface area contributed by atoms with E-state index in [1.54, 1.807) is 0 Å². The van der Waals surface area contributed by atoms with E-state index in [-0.39, 0.29) is 43.6 Å². The molecule has 14 nitrogen and oxygen atoms in total. The van der Waals surface area contributed by atoms with Gasteiger partial charge in [-0.15, -0.1) is 0 Å². The first-order valence-corrected chi connectivity index (χ1v) is 12.1. The predicted octanol–water partition coefficient (Wildman–Crippen LogP) is -1.72. The van der Waals surface area contributed by atoms with Crippen LogP contribution in [0.25, 0.3) is 0 Å². The summed E-state index contributed by atoms with van der Waals surface area (Å²) in [6.07, 6.45) is -0.799. The van der Waals surface area contributed by atoms with Crippen LogP contribution in [0, 0.1) is 0 Å². The van der Waals surface area contributed by atoms with Gasteiger partial charge in [-0.25, -0.2) is 9.59 Å². The maximum atomic E-state index is 11.8. The summed E-state index contributed by atoms with van der Waals surface area (Å²) in [5.41, 5.74) is 10.6. The van der Waals surface area contributed by atoms with Crippen molar-refractivity contribution in [1.82, 2.24) is 10.6 Å². The van der Waals surface area contributed by atoms with Crippen LogP contribution in [0.5, 0.6) is 0 Å². The van der Waals surface area contributed by atoms with Crippen LogP contribution in [0.15, 0.2) is 0 Å². The molecule has 0 aromatic rings. The molecule has 0 aliphatic carbocycles. The zero-order valence-corrected chi connectivity index (χ0v) is 19.1. The topological polar surface area (TPSA) is 259 Å². The highest BCUT2D eigenvalue weighted by molar-refractivity contribution is 8.76. The molecule has 0 spiro atoms. The van der Waals surface area contributed by atoms with Gasteiger partial charge in [0, 0.05) is 24.3 Å². The Bertz CT molecular complexity index is 666. The van der Waals surface area contributed by atoms with E-state index in [9.17, 15) is 39.0 Å². The molecule has 0 aliphatic heterocycles. The maximum Gasteiger partial charge on any atom is 0.327 e. The van der Waals surface area contributed by atoms with Gasteiger partial charge in [0.1, 0.15) is 24.2 Å². The molecule has 0 aromatic heterocycles. The van der Waals surface area contributed by atoms with Crippen LogP contribution in [0.4, 0.5) is 0 Å². The highest BCUT2D eigenvalue weighted by Crippen LogP contribution is 2.23. The summed E-state index contributed by atoms with van der Waals surface area (Å²) in [6, 6.07) is -4.94. The SMILES string of the molecule is N[C@@H](CCC(=O)N[C@@H](CCSSC[C@H](NC(=O)CC[C@H](N)C(=O)O)C(=O)O)C(=O)O)C(=O)O. The molecule has 4 atom stereocenters. The molecule has 2 amide bonds. The van der Waals surface area contributed by atoms with E-state index >= 15 is 0 Å². The Morgan fingerprint density at radius 2 is 1.06 bits per heavy atom. The van der Waals surface area contributed by atoms with Crippen LogP contribution in [0.1, 0.15) is 32.1 Å². The van der Waals surface area contributed by atoms with Crippen molar-refractivity contribution in [3.63, 3.8) is 0 Å². The van der Waals surface area contributed by atoms with Crippen LogP contribution in [0.2, 0.25) is 0 Å². The van der Waals surface area contributed by atoms with E-state index in [1.807, 2.05) is 0 Å². The lowest BCUT2D eigenvalue weighted by Gasteiger charge is -2.16. The summed E-state index contributed by atoms with van der Waals surface area (Å²) < 4.78 is 0. The van der Waals surface area contributed by atoms with Gasteiger partial charge in [0.25, 0.3) is 0 Å². The molecule has 0 fully saturated rings. The molecule has 188 valence electrons. The van der Waals surface area contributed by atoms with Gasteiger partial charge >= 0.3 is 23.9 Å². The first kappa shape index (κ1) is 30.4. The minimum Gasteiger partial charge on any atom is -0.480 e. The average Bonchev–Trinajstić information content (AvgIpc) is 2.73. The first-order chi connectivity index (χ1) is 15.3. The molecule has 0 saturated carbocycles. The minimum absolute atomic E-state index is 0.0148. The molecule has 0 unspecified atom stereocenters. The number of carboxylic acids is 4. The van der Waals surface area contributed by atoms with Crippen molar-refractivity contribution in [2.45, 2.75) is 56.3 Å². The monoisotopic (exact) mass is 512 g/mol. The fourth-order valence-electron chi connectivity index (χ4n) is 2.13. The zero-order valence-electron chi connectivity index (χ0n) is 17.5. The lowest BCUT2D eigenvalue weighted by Crippen LogP contribution is -2.43. The van der Waals surface area contributed by atoms with Crippen LogP contribution in [-0.4, -0.2) is 91.8 Å². The van der Waals surface area contributed by atoms with Crippen molar-refractivity contribution >= 4 is 57.3 Å². The largest absolute Gasteiger partial charge is 0.480 e. The Hall–Kier alpha value is -2.56. The average molecular weight is 513 g/mol. The lowest BCUT2D eigenvalue weighted by molar-refractivity contribution is -0.142. The second kappa shape index (κ2) is 16.1. The van der Waals surface area contributed by atoms with Gasteiger partial charge in [0.15, 0.2) is 0 Å². The van der Waals surface area contributed by atoms with Gasteiger partial charge in [-0.2, -0.15) is 0 Å². The fraction of sp³-hybridized carbons (Fsp3) is 0.647. The van der Waals surface area contributed by atoms with Crippen LogP contribution in [0.3, 0.4) is 0 Å². The van der Waals surface area contributed by atoms with Crippen LogP contribution < -0.4 is 22.1 Å². The van der Waals surface area contributed by atoms with Gasteiger partial charge in [0.05, 0.1) is 0 Å². The Balaban J connectivity index is 4.37. The van der Waals surface area contributed by atoms with Crippen molar-refractivity contribution in [2.75, 3.05) is 11.5 Å². The number of carbonyl (C=O) groups excluding carboxylic acids is 2. The Morgan fingerprint density at radius 1 is 0.636 bits per heavy atom. The van der Waals surface area contributed by atoms with Crippen molar-refractivity contribution in [3.05, 3.63) is 0 Å². The van der Waals surface area contributed by atoms with Crippen molar-refractivity contribution in [2.24, 2.45) is 11.5 Å². The fourth-order valence-corrected chi connectivity index (χ4v) is 4.37. The quantitative estimate of drug-likeness (QED) is 0.0750. The smallest absolute Gasteiger partial charge is 0.327 e. The normalized spacial score (nSPS) is 14.4. The van der Waals surface area contributed by atoms with Gasteiger partial charge in [-0.1, -0.05) is 21.6 Å². The molecule has 0 heterocycles. The van der Waals surface area contributed by atoms with Crippen molar-refractivity contribution < 1.29 is 49.2 Å². The van der Waals surface area contributed by atoms with Gasteiger partial charge < -0.3 is 42.5 Å². The van der Waals surface area contributed by atoms with Gasteiger partial charge in [-0.05, 0) is 19.3 Å². The summed E-state index contributed by atoms with van der Waals surface area (Å²) >= 11 is 0. The second-order valence-corrected chi connectivity index (χ2v) is 9.41. The second-order valence-electron chi connectivity index (χ2n) is 6.78. The highest BCUT2D eigenvalue weighted by Gasteiger charge is 2.23. The molecule has 0 bridgehead atoms. The molecule has 0 aromatic carbocycles. The number of hydrogen-bond donors (Lipinski definition) is 8. The third kappa shape index (κ3) is 14.3. The molecule has 0 saturated heterocycles. The van der Waals surface area contributed by atoms with E-state index in [4.69, 9.17) is 21.7 Å². The number of carboxylic acid groups (broad SMARTS) is 4. The number of nitrogens with two attached hydrogens (primary N) is 2. The van der Waals surface area contributed by atoms with E-state index in [0.717, 1.165) is 21.6 Å². The van der Waals surface area contributed by atoms with E-state index in [2.05, 4.69) is 10.6 Å². The number of hydrogen-bond acceptors (Lipinski definition) is 10. The minimum atomic E-state index is -1.30. The predicted molar refractivity (Wildman–Crippen MR) is 118 cm³/mol. The molecule has 0 radical (unpaired) electrons. The summed E-state index contributed by atoms with van der Waals surface area (Å²) in [5.74, 6) is -6.28. The van der Waals surface area contributed by atoms with Crippen LogP contribution >= 0.6 is 21.6 Å². The highest BCUT2D eigenvalue weighted by atomic mass is 33.1. The number of aliphatic carboxylic acids is 4. The standard InChI is InChI=1S/C17H28N4O10S2/c18-8(14(24)25)1-3-12(22)20-10(16(28)29)5-6-32-33-7-11(17(30)31)21-13(23)4-2-9(19)15(26)27/h8-11H,1-7,18-19H2,(H,20,22)(H,21,23)(H,24,25)(H,26,27)(H,28,29)(H,30,31)/t8-,9-,10-,11-/m0/s1. The van der Waals surface area contributed by atoms with Gasteiger partial charge in [0.2, 0.25) is 11.8 Å². The molecular weight excluding hydrogens is 484 g/mol. The Morgan fingerprint density at radius 3 is 1.45 bits per heavy atom. The summed E-state index contributed by atoms with van der Waals surface area (Å²) in [4.78, 5) is 67.4. The maximum absolute atomic E-state index is 11.8. The molecule has 16 heteroatoms. The number of nitrogens with one attached hydrogen (secondary N) is 2. The third-order valence-electron chi connectivity index (χ3n) is 4.07. The summed E-state index contributed by atoms with van der Waals surface area (Å²) in [6.45, 7) is 0. The number of rotatable bonds is 18. The summed E-state index contributed by atoms with van der Waals surface area (Å²) in [7, 11) is 2.20. The van der Waals surface area contributed by atoms with Crippen LogP contribution in [-0.2, 0) is 28.8 Å². The van der Waals surface area contributed by atoms with Crippen molar-refractivity contribution in [3.8, 4) is 0 Å². The molecular formula is C17H28N4O10S2. The molecule has 33 heavy (non-hydrogen) atoms. The van der Waals surface area contributed by atoms with E-state index in [0.29, 0.717) is 0 Å². The zero-order chi connectivity index (χ0) is 25.6. The first-order valence-electron chi connectivity index (χ1n) is 9.60. The van der Waals surface area contributed by atoms with Gasteiger partial charge in [-0.3, -0.25) is 19.2 Å². The van der Waals surface area contributed by atoms with E-state index in [1.165, 1.54) is 0 Å². The van der Waals surface area contributed by atoms with Crippen molar-refractivity contribution in [1.29, 1.82) is 0 Å². The van der Waals surface area contributed by atoms with E-state index < -0.39 is 59.9 Å². The molecule has 0 rings (SSSR count). The Labute approximate surface area is 196 Å². The summed E-state index contributed by atoms with van der Waals surface area (Å²) in [5, 5.41) is 40.3. The Kier molecular flexibility index (Phi) is 14.9. The molecule has 0 aliphatic rings. The lowest BCUT2D eigenvalue weighted by atomic mass is 10.1. The number of amides is 2. The molecule has 10 N–H and O–H groups in total. The number of carbonyl (C=O) groups is 6.